The molecule has 1 unspecified atom stereocenters. The second-order valence-electron chi connectivity index (χ2n) is 3.90. The molecule has 5 heteroatoms. The highest BCUT2D eigenvalue weighted by molar-refractivity contribution is 9.10. The van der Waals surface area contributed by atoms with Crippen LogP contribution in [0.15, 0.2) is 16.6 Å². The van der Waals surface area contributed by atoms with Gasteiger partial charge in [-0.3, -0.25) is 4.79 Å². The Kier molecular flexibility index (Phi) is 4.92. The third kappa shape index (κ3) is 3.56. The van der Waals surface area contributed by atoms with E-state index >= 15 is 0 Å². The average molecular weight is 350 g/mol. The van der Waals surface area contributed by atoms with Gasteiger partial charge in [0.25, 0.3) is 0 Å². The molecule has 0 aliphatic rings. The number of carbonyl (C=O) groups is 1. The first-order chi connectivity index (χ1) is 7.41. The normalized spacial score (nSPS) is 12.6. The number of alkyl halides is 1. The summed E-state index contributed by atoms with van der Waals surface area (Å²) in [6, 6.07) is 3.64. The number of halogens is 2. The fourth-order valence-corrected chi connectivity index (χ4v) is 1.45. The van der Waals surface area contributed by atoms with Gasteiger partial charge in [0.1, 0.15) is 5.82 Å². The number of hydrogen-bond donors (Lipinski definition) is 1. The van der Waals surface area contributed by atoms with E-state index in [-0.39, 0.29) is 16.7 Å². The third-order valence-corrected chi connectivity index (χ3v) is 4.42. The maximum absolute atomic E-state index is 11.7. The Morgan fingerprint density at radius 2 is 2.06 bits per heavy atom. The van der Waals surface area contributed by atoms with Crippen molar-refractivity contribution in [1.82, 2.24) is 4.98 Å². The van der Waals surface area contributed by atoms with Crippen molar-refractivity contribution in [3.05, 3.63) is 22.3 Å². The second-order valence-corrected chi connectivity index (χ2v) is 5.74. The summed E-state index contributed by atoms with van der Waals surface area (Å²) in [5, 5.41) is 2.77. The van der Waals surface area contributed by atoms with Gasteiger partial charge < -0.3 is 5.32 Å². The quantitative estimate of drug-likeness (QED) is 0.848. The Bertz CT molecular complexity index is 394. The minimum atomic E-state index is -0.196. The van der Waals surface area contributed by atoms with Gasteiger partial charge in [-0.2, -0.15) is 0 Å². The van der Waals surface area contributed by atoms with Gasteiger partial charge in [0, 0.05) is 4.47 Å². The molecule has 0 spiro atoms. The van der Waals surface area contributed by atoms with Crippen LogP contribution in [-0.4, -0.2) is 15.7 Å². The largest absolute Gasteiger partial charge is 0.310 e. The zero-order valence-corrected chi connectivity index (χ0v) is 12.6. The predicted octanol–water partition coefficient (Wildman–Crippen LogP) is 3.51. The lowest BCUT2D eigenvalue weighted by atomic mass is 10.1. The van der Waals surface area contributed by atoms with Crippen LogP contribution in [0.3, 0.4) is 0 Å². The third-order valence-electron chi connectivity index (χ3n) is 2.11. The fraction of sp³-hybridized carbons (Fsp3) is 0.455. The van der Waals surface area contributed by atoms with Crippen molar-refractivity contribution in [3.8, 4) is 0 Å². The van der Waals surface area contributed by atoms with E-state index in [0.717, 1.165) is 10.2 Å². The van der Waals surface area contributed by atoms with Gasteiger partial charge in [-0.1, -0.05) is 29.8 Å². The van der Waals surface area contributed by atoms with E-state index in [4.69, 9.17) is 0 Å². The number of carbonyl (C=O) groups excluding carboxylic acids is 1. The molecule has 3 nitrogen and oxygen atoms in total. The molecule has 0 aliphatic carbocycles. The monoisotopic (exact) mass is 348 g/mol. The second kappa shape index (κ2) is 5.77. The van der Waals surface area contributed by atoms with Crippen molar-refractivity contribution in [2.45, 2.75) is 25.6 Å². The summed E-state index contributed by atoms with van der Waals surface area (Å²) >= 11 is 6.71. The van der Waals surface area contributed by atoms with E-state index in [9.17, 15) is 4.79 Å². The lowest BCUT2D eigenvalue weighted by Crippen LogP contribution is -2.27. The minimum absolute atomic E-state index is 0.0655. The van der Waals surface area contributed by atoms with Crippen molar-refractivity contribution >= 4 is 43.6 Å². The van der Waals surface area contributed by atoms with Crippen LogP contribution in [0.25, 0.3) is 0 Å². The van der Waals surface area contributed by atoms with Gasteiger partial charge in [0.15, 0.2) is 0 Å². The molecule has 0 aromatic carbocycles. The molecular formula is C11H14Br2N2O. The number of anilines is 1. The van der Waals surface area contributed by atoms with E-state index in [1.54, 1.807) is 6.07 Å². The van der Waals surface area contributed by atoms with Gasteiger partial charge in [-0.25, -0.2) is 4.98 Å². The standard InChI is InChI=1S/C11H14Br2N2O/c1-6(2)10(13)11(16)15-9-5-4-8(12)7(3)14-9/h4-6,10H,1-3H3,(H,14,15,16). The molecule has 0 saturated carbocycles. The van der Waals surface area contributed by atoms with Gasteiger partial charge in [-0.15, -0.1) is 0 Å². The van der Waals surface area contributed by atoms with Gasteiger partial charge >= 0.3 is 0 Å². The van der Waals surface area contributed by atoms with Crippen molar-refractivity contribution in [1.29, 1.82) is 0 Å². The molecule has 88 valence electrons. The Morgan fingerprint density at radius 1 is 1.44 bits per heavy atom. The number of pyridine rings is 1. The number of amides is 1. The lowest BCUT2D eigenvalue weighted by Gasteiger charge is -2.13. The Morgan fingerprint density at radius 3 is 2.56 bits per heavy atom. The molecule has 1 amide bonds. The highest BCUT2D eigenvalue weighted by atomic mass is 79.9. The summed E-state index contributed by atoms with van der Waals surface area (Å²) < 4.78 is 0.935. The molecule has 1 heterocycles. The van der Waals surface area contributed by atoms with Crippen LogP contribution in [0.1, 0.15) is 19.5 Å². The molecule has 0 saturated heterocycles. The Balaban J connectivity index is 2.74. The van der Waals surface area contributed by atoms with Crippen molar-refractivity contribution < 1.29 is 4.79 Å². The number of hydrogen-bond acceptors (Lipinski definition) is 2. The molecule has 1 atom stereocenters. The summed E-state index contributed by atoms with van der Waals surface area (Å²) in [6.45, 7) is 5.85. The van der Waals surface area contributed by atoms with Crippen LogP contribution in [0.5, 0.6) is 0 Å². The predicted molar refractivity (Wildman–Crippen MR) is 72.9 cm³/mol. The van der Waals surface area contributed by atoms with Crippen LogP contribution >= 0.6 is 31.9 Å². The Labute approximate surface area is 112 Å². The van der Waals surface area contributed by atoms with E-state index in [0.29, 0.717) is 5.82 Å². The van der Waals surface area contributed by atoms with E-state index < -0.39 is 0 Å². The van der Waals surface area contributed by atoms with Crippen molar-refractivity contribution in [2.75, 3.05) is 5.32 Å². The molecule has 1 aromatic rings. The fourth-order valence-electron chi connectivity index (χ4n) is 1.11. The maximum atomic E-state index is 11.7. The zero-order chi connectivity index (χ0) is 12.3. The van der Waals surface area contributed by atoms with E-state index in [2.05, 4.69) is 42.2 Å². The molecule has 0 bridgehead atoms. The molecule has 1 rings (SSSR count). The van der Waals surface area contributed by atoms with Crippen molar-refractivity contribution in [2.24, 2.45) is 5.92 Å². The van der Waals surface area contributed by atoms with Crippen LogP contribution in [0.4, 0.5) is 5.82 Å². The van der Waals surface area contributed by atoms with E-state index in [1.807, 2.05) is 26.8 Å². The van der Waals surface area contributed by atoms with Gasteiger partial charge in [0.2, 0.25) is 5.91 Å². The number of aromatic nitrogens is 1. The first-order valence-electron chi connectivity index (χ1n) is 5.00. The lowest BCUT2D eigenvalue weighted by molar-refractivity contribution is -0.116. The summed E-state index contributed by atoms with van der Waals surface area (Å²) in [7, 11) is 0. The highest BCUT2D eigenvalue weighted by Gasteiger charge is 2.18. The molecule has 0 aliphatic heterocycles. The molecule has 0 fully saturated rings. The number of rotatable bonds is 3. The molecule has 1 N–H and O–H groups in total. The number of nitrogens with one attached hydrogen (secondary N) is 1. The zero-order valence-electron chi connectivity index (χ0n) is 9.42. The van der Waals surface area contributed by atoms with Crippen LogP contribution in [-0.2, 0) is 4.79 Å². The molecule has 16 heavy (non-hydrogen) atoms. The minimum Gasteiger partial charge on any atom is -0.310 e. The first-order valence-corrected chi connectivity index (χ1v) is 6.70. The molecule has 0 radical (unpaired) electrons. The number of aryl methyl sites for hydroxylation is 1. The summed E-state index contributed by atoms with van der Waals surface area (Å²) in [4.78, 5) is 15.8. The molecule has 1 aromatic heterocycles. The Hall–Kier alpha value is -0.420. The average Bonchev–Trinajstić information content (AvgIpc) is 2.22. The first kappa shape index (κ1) is 13.6. The smallest absolute Gasteiger partial charge is 0.239 e. The summed E-state index contributed by atoms with van der Waals surface area (Å²) in [5.41, 5.74) is 0.855. The summed E-state index contributed by atoms with van der Waals surface area (Å²) in [6.07, 6.45) is 0. The van der Waals surface area contributed by atoms with Crippen LogP contribution in [0.2, 0.25) is 0 Å². The van der Waals surface area contributed by atoms with Crippen LogP contribution < -0.4 is 5.32 Å². The van der Waals surface area contributed by atoms with Crippen molar-refractivity contribution in [3.63, 3.8) is 0 Å². The van der Waals surface area contributed by atoms with E-state index in [1.165, 1.54) is 0 Å². The van der Waals surface area contributed by atoms with Crippen LogP contribution in [0, 0.1) is 12.8 Å². The number of nitrogens with zero attached hydrogens (tertiary/aromatic N) is 1. The topological polar surface area (TPSA) is 42.0 Å². The summed E-state index contributed by atoms with van der Waals surface area (Å²) in [5.74, 6) is 0.761. The van der Waals surface area contributed by atoms with Gasteiger partial charge in [-0.05, 0) is 40.9 Å². The SMILES string of the molecule is Cc1nc(NC(=O)C(Br)C(C)C)ccc1Br. The highest BCUT2D eigenvalue weighted by Crippen LogP contribution is 2.18. The molecular weight excluding hydrogens is 336 g/mol. The van der Waals surface area contributed by atoms with Gasteiger partial charge in [0.05, 0.1) is 10.5 Å². The maximum Gasteiger partial charge on any atom is 0.239 e.